The van der Waals surface area contributed by atoms with Crippen molar-refractivity contribution in [3.8, 4) is 5.75 Å². The molecule has 1 aromatic carbocycles. The first-order valence-electron chi connectivity index (χ1n) is 8.85. The minimum absolute atomic E-state index is 0.0633. The Morgan fingerprint density at radius 1 is 1.14 bits per heavy atom. The van der Waals surface area contributed by atoms with Gasteiger partial charge in [0.15, 0.2) is 0 Å². The SMILES string of the molecule is CCOC(=O)c1c(NC(=O)c2ccccc2OC)sc(C(=O)NC(C)C)c1C. The molecular formula is C20H24N2O5S. The van der Waals surface area contributed by atoms with Crippen molar-refractivity contribution in [1.29, 1.82) is 0 Å². The maximum Gasteiger partial charge on any atom is 0.341 e. The Kier molecular flexibility index (Phi) is 7.17. The molecule has 0 saturated heterocycles. The predicted molar refractivity (Wildman–Crippen MR) is 109 cm³/mol. The zero-order valence-corrected chi connectivity index (χ0v) is 17.4. The number of carbonyl (C=O) groups is 3. The number of hydrogen-bond acceptors (Lipinski definition) is 6. The molecule has 8 heteroatoms. The fraction of sp³-hybridized carbons (Fsp3) is 0.350. The molecule has 2 N–H and O–H groups in total. The molecule has 2 aromatic rings. The lowest BCUT2D eigenvalue weighted by Crippen LogP contribution is -2.29. The maximum absolute atomic E-state index is 12.8. The molecule has 0 aliphatic carbocycles. The molecule has 7 nitrogen and oxygen atoms in total. The molecule has 0 saturated carbocycles. The van der Waals surface area contributed by atoms with Crippen LogP contribution in [0.2, 0.25) is 0 Å². The molecule has 0 aliphatic rings. The number of methoxy groups -OCH3 is 1. The van der Waals surface area contributed by atoms with Crippen LogP contribution in [0.4, 0.5) is 5.00 Å². The molecule has 0 aliphatic heterocycles. The highest BCUT2D eigenvalue weighted by atomic mass is 32.1. The van der Waals surface area contributed by atoms with Gasteiger partial charge in [-0.3, -0.25) is 9.59 Å². The minimum Gasteiger partial charge on any atom is -0.496 e. The van der Waals surface area contributed by atoms with E-state index in [1.165, 1.54) is 7.11 Å². The van der Waals surface area contributed by atoms with E-state index in [1.54, 1.807) is 38.1 Å². The third-order valence-corrected chi connectivity index (χ3v) is 5.04. The number of thiophene rings is 1. The van der Waals surface area contributed by atoms with E-state index in [0.29, 0.717) is 21.8 Å². The van der Waals surface area contributed by atoms with E-state index in [1.807, 2.05) is 13.8 Å². The van der Waals surface area contributed by atoms with E-state index in [4.69, 9.17) is 9.47 Å². The van der Waals surface area contributed by atoms with E-state index in [0.717, 1.165) is 11.3 Å². The fourth-order valence-electron chi connectivity index (χ4n) is 2.60. The van der Waals surface area contributed by atoms with Gasteiger partial charge in [-0.25, -0.2) is 4.79 Å². The lowest BCUT2D eigenvalue weighted by molar-refractivity contribution is 0.0527. The first-order chi connectivity index (χ1) is 13.3. The zero-order chi connectivity index (χ0) is 20.8. The van der Waals surface area contributed by atoms with E-state index in [2.05, 4.69) is 10.6 Å². The van der Waals surface area contributed by atoms with Gasteiger partial charge in [0.2, 0.25) is 0 Å². The van der Waals surface area contributed by atoms with Gasteiger partial charge in [0.1, 0.15) is 10.8 Å². The normalized spacial score (nSPS) is 10.5. The summed E-state index contributed by atoms with van der Waals surface area (Å²) in [7, 11) is 1.47. The number of ether oxygens (including phenoxy) is 2. The molecule has 28 heavy (non-hydrogen) atoms. The third-order valence-electron chi connectivity index (χ3n) is 3.83. The standard InChI is InChI=1S/C20H24N2O5S/c1-6-27-20(25)15-12(4)16(18(24)21-11(2)3)28-19(15)22-17(23)13-9-7-8-10-14(13)26-5/h7-11H,6H2,1-5H3,(H,21,24)(H,22,23). The molecule has 2 rings (SSSR count). The highest BCUT2D eigenvalue weighted by Gasteiger charge is 2.27. The summed E-state index contributed by atoms with van der Waals surface area (Å²) in [6.07, 6.45) is 0. The smallest absolute Gasteiger partial charge is 0.341 e. The first kappa shape index (κ1) is 21.4. The van der Waals surface area contributed by atoms with Crippen molar-refractivity contribution < 1.29 is 23.9 Å². The van der Waals surface area contributed by atoms with E-state index < -0.39 is 11.9 Å². The van der Waals surface area contributed by atoms with Gasteiger partial charge in [-0.1, -0.05) is 12.1 Å². The minimum atomic E-state index is -0.588. The van der Waals surface area contributed by atoms with Crippen LogP contribution < -0.4 is 15.4 Å². The van der Waals surface area contributed by atoms with E-state index >= 15 is 0 Å². The number of nitrogens with one attached hydrogen (secondary N) is 2. The Morgan fingerprint density at radius 3 is 2.43 bits per heavy atom. The van der Waals surface area contributed by atoms with Gasteiger partial charge in [-0.05, 0) is 45.4 Å². The topological polar surface area (TPSA) is 93.7 Å². The molecule has 1 heterocycles. The quantitative estimate of drug-likeness (QED) is 0.687. The summed E-state index contributed by atoms with van der Waals surface area (Å²) in [5.41, 5.74) is 0.972. The molecule has 0 radical (unpaired) electrons. The van der Waals surface area contributed by atoms with Crippen LogP contribution >= 0.6 is 11.3 Å². The van der Waals surface area contributed by atoms with Crippen LogP contribution in [-0.2, 0) is 4.74 Å². The van der Waals surface area contributed by atoms with Crippen LogP contribution in [0.1, 0.15) is 56.7 Å². The van der Waals surface area contributed by atoms with Crippen molar-refractivity contribution in [2.75, 3.05) is 19.0 Å². The maximum atomic E-state index is 12.8. The highest BCUT2D eigenvalue weighted by Crippen LogP contribution is 2.34. The third kappa shape index (κ3) is 4.69. The predicted octanol–water partition coefficient (Wildman–Crippen LogP) is 3.63. The van der Waals surface area contributed by atoms with Gasteiger partial charge in [-0.2, -0.15) is 0 Å². The molecule has 1 aromatic heterocycles. The van der Waals surface area contributed by atoms with Gasteiger partial charge in [-0.15, -0.1) is 11.3 Å². The van der Waals surface area contributed by atoms with Crippen LogP contribution in [0, 0.1) is 6.92 Å². The second-order valence-electron chi connectivity index (χ2n) is 6.26. The van der Waals surface area contributed by atoms with E-state index in [9.17, 15) is 14.4 Å². The summed E-state index contributed by atoms with van der Waals surface area (Å²) < 4.78 is 10.3. The summed E-state index contributed by atoms with van der Waals surface area (Å²) in [5, 5.41) is 5.79. The number of para-hydroxylation sites is 1. The Balaban J connectivity index is 2.45. The largest absolute Gasteiger partial charge is 0.496 e. The summed E-state index contributed by atoms with van der Waals surface area (Å²) >= 11 is 1.04. The van der Waals surface area contributed by atoms with Gasteiger partial charge < -0.3 is 20.1 Å². The van der Waals surface area contributed by atoms with Crippen molar-refractivity contribution in [3.05, 3.63) is 45.8 Å². The number of amides is 2. The number of hydrogen-bond donors (Lipinski definition) is 2. The van der Waals surface area contributed by atoms with Crippen LogP contribution in [0.15, 0.2) is 24.3 Å². The van der Waals surface area contributed by atoms with Crippen molar-refractivity contribution in [1.82, 2.24) is 5.32 Å². The molecule has 0 fully saturated rings. The average Bonchev–Trinajstić information content (AvgIpc) is 2.97. The second-order valence-corrected chi connectivity index (χ2v) is 7.28. The highest BCUT2D eigenvalue weighted by molar-refractivity contribution is 7.18. The fourth-order valence-corrected chi connectivity index (χ4v) is 3.69. The Morgan fingerprint density at radius 2 is 1.82 bits per heavy atom. The zero-order valence-electron chi connectivity index (χ0n) is 16.5. The second kappa shape index (κ2) is 9.36. The van der Waals surface area contributed by atoms with E-state index in [-0.39, 0.29) is 29.1 Å². The number of rotatable bonds is 7. The van der Waals surface area contributed by atoms with Gasteiger partial charge >= 0.3 is 5.97 Å². The molecule has 0 spiro atoms. The van der Waals surface area contributed by atoms with Crippen LogP contribution in [0.3, 0.4) is 0 Å². The number of benzene rings is 1. The monoisotopic (exact) mass is 404 g/mol. The lowest BCUT2D eigenvalue weighted by atomic mass is 10.1. The summed E-state index contributed by atoms with van der Waals surface area (Å²) in [6.45, 7) is 7.23. The van der Waals surface area contributed by atoms with Crippen molar-refractivity contribution in [3.63, 3.8) is 0 Å². The first-order valence-corrected chi connectivity index (χ1v) is 9.67. The molecule has 2 amide bonds. The average molecular weight is 404 g/mol. The number of esters is 1. The number of anilines is 1. The molecule has 150 valence electrons. The molecule has 0 atom stereocenters. The van der Waals surface area contributed by atoms with Crippen LogP contribution in [-0.4, -0.2) is 37.5 Å². The van der Waals surface area contributed by atoms with Gasteiger partial charge in [0, 0.05) is 6.04 Å². The van der Waals surface area contributed by atoms with Crippen molar-refractivity contribution >= 4 is 34.1 Å². The number of carbonyl (C=O) groups excluding carboxylic acids is 3. The van der Waals surface area contributed by atoms with Crippen LogP contribution in [0.5, 0.6) is 5.75 Å². The van der Waals surface area contributed by atoms with Crippen molar-refractivity contribution in [2.24, 2.45) is 0 Å². The summed E-state index contributed by atoms with van der Waals surface area (Å²) in [5.74, 6) is -0.931. The van der Waals surface area contributed by atoms with Crippen LogP contribution in [0.25, 0.3) is 0 Å². The molecule has 0 bridgehead atoms. The summed E-state index contributed by atoms with van der Waals surface area (Å²) in [4.78, 5) is 38.1. The Hall–Kier alpha value is -2.87. The van der Waals surface area contributed by atoms with Gasteiger partial charge in [0.05, 0.1) is 29.7 Å². The molecule has 0 unspecified atom stereocenters. The van der Waals surface area contributed by atoms with Crippen molar-refractivity contribution in [2.45, 2.75) is 33.7 Å². The summed E-state index contributed by atoms with van der Waals surface area (Å²) in [6, 6.07) is 6.69. The van der Waals surface area contributed by atoms with Gasteiger partial charge in [0.25, 0.3) is 11.8 Å². The Bertz CT molecular complexity index is 889. The lowest BCUT2D eigenvalue weighted by Gasteiger charge is -2.09. The Labute approximate surface area is 168 Å². The molecular weight excluding hydrogens is 380 g/mol.